The summed E-state index contributed by atoms with van der Waals surface area (Å²) < 4.78 is 11.2. The van der Waals surface area contributed by atoms with E-state index in [0.29, 0.717) is 0 Å². The number of hydrogen-bond donors (Lipinski definition) is 1. The first-order valence-electron chi connectivity index (χ1n) is 12.6. The zero-order chi connectivity index (χ0) is 25.0. The molecule has 1 amide bonds. The highest BCUT2D eigenvalue weighted by Gasteiger charge is 2.13. The van der Waals surface area contributed by atoms with Crippen molar-refractivity contribution < 1.29 is 14.3 Å². The summed E-state index contributed by atoms with van der Waals surface area (Å²) in [5.41, 5.74) is 3.46. The van der Waals surface area contributed by atoms with E-state index in [1.807, 2.05) is 36.5 Å². The van der Waals surface area contributed by atoms with E-state index in [9.17, 15) is 4.79 Å². The molecule has 1 heterocycles. The number of fused-ring (bicyclic) bond motifs is 1. The Morgan fingerprint density at radius 2 is 1.91 bits per heavy atom. The number of rotatable bonds is 13. The number of pyridine rings is 1. The van der Waals surface area contributed by atoms with Gasteiger partial charge in [-0.15, -0.1) is 0 Å². The standard InChI is InChI=1S/C30H38N2O3/c1-5-7-13-26-23(19-29(35-4)27-16-15-25(34-3)20-28(26)27)14-17-30(33)32-24(6-2)12-8-10-22-11-9-18-31-21-22/h9,11,14-21,24H,5-8,10,12-13H2,1-4H3,(H,32,33)/b17-14+/t24-/m1/s1. The maximum absolute atomic E-state index is 12.8. The summed E-state index contributed by atoms with van der Waals surface area (Å²) in [5.74, 6) is 1.54. The van der Waals surface area contributed by atoms with Gasteiger partial charge in [0.1, 0.15) is 11.5 Å². The molecule has 0 aliphatic carbocycles. The molecule has 5 heteroatoms. The third kappa shape index (κ3) is 7.32. The van der Waals surface area contributed by atoms with E-state index in [1.54, 1.807) is 26.5 Å². The number of aryl methyl sites for hydroxylation is 2. The Hall–Kier alpha value is -3.34. The van der Waals surface area contributed by atoms with Crippen LogP contribution in [0.25, 0.3) is 16.8 Å². The fourth-order valence-corrected chi connectivity index (χ4v) is 4.42. The number of benzene rings is 2. The van der Waals surface area contributed by atoms with Crippen molar-refractivity contribution in [1.29, 1.82) is 0 Å². The molecule has 0 radical (unpaired) electrons. The van der Waals surface area contributed by atoms with Crippen LogP contribution in [0.5, 0.6) is 11.5 Å². The van der Waals surface area contributed by atoms with Gasteiger partial charge in [0.15, 0.2) is 0 Å². The smallest absolute Gasteiger partial charge is 0.244 e. The van der Waals surface area contributed by atoms with Crippen LogP contribution in [-0.4, -0.2) is 31.2 Å². The molecule has 0 fully saturated rings. The van der Waals surface area contributed by atoms with Crippen molar-refractivity contribution in [2.24, 2.45) is 0 Å². The van der Waals surface area contributed by atoms with Crippen LogP contribution in [0, 0.1) is 0 Å². The van der Waals surface area contributed by atoms with Crippen molar-refractivity contribution in [2.45, 2.75) is 64.8 Å². The van der Waals surface area contributed by atoms with Gasteiger partial charge in [-0.3, -0.25) is 9.78 Å². The Morgan fingerprint density at radius 3 is 2.60 bits per heavy atom. The van der Waals surface area contributed by atoms with Crippen LogP contribution in [0.15, 0.2) is 54.9 Å². The highest BCUT2D eigenvalue weighted by Crippen LogP contribution is 2.35. The molecule has 0 bridgehead atoms. The second kappa shape index (κ2) is 13.5. The van der Waals surface area contributed by atoms with Gasteiger partial charge in [-0.05, 0) is 97.0 Å². The number of unbranched alkanes of at least 4 members (excludes halogenated alkanes) is 1. The summed E-state index contributed by atoms with van der Waals surface area (Å²) in [6.07, 6.45) is 14.2. The second-order valence-electron chi connectivity index (χ2n) is 8.86. The largest absolute Gasteiger partial charge is 0.497 e. The summed E-state index contributed by atoms with van der Waals surface area (Å²) in [7, 11) is 3.36. The lowest BCUT2D eigenvalue weighted by Crippen LogP contribution is -2.33. The van der Waals surface area contributed by atoms with Crippen LogP contribution in [0.3, 0.4) is 0 Å². The Labute approximate surface area is 209 Å². The second-order valence-corrected chi connectivity index (χ2v) is 8.86. The van der Waals surface area contributed by atoms with Gasteiger partial charge in [0.25, 0.3) is 0 Å². The SMILES string of the molecule is CCCCc1c(/C=C/C(=O)N[C@H](CC)CCCc2cccnc2)cc(OC)c2ccc(OC)cc12. The van der Waals surface area contributed by atoms with E-state index < -0.39 is 0 Å². The molecule has 0 spiro atoms. The average molecular weight is 475 g/mol. The fourth-order valence-electron chi connectivity index (χ4n) is 4.42. The zero-order valence-corrected chi connectivity index (χ0v) is 21.5. The number of ether oxygens (including phenoxy) is 2. The number of nitrogens with zero attached hydrogens (tertiary/aromatic N) is 1. The molecule has 0 aliphatic rings. The lowest BCUT2D eigenvalue weighted by Gasteiger charge is -2.17. The Bertz CT molecular complexity index is 1130. The summed E-state index contributed by atoms with van der Waals surface area (Å²) in [6, 6.07) is 12.3. The molecular weight excluding hydrogens is 436 g/mol. The van der Waals surface area contributed by atoms with E-state index in [4.69, 9.17) is 9.47 Å². The normalized spacial score (nSPS) is 12.1. The van der Waals surface area contributed by atoms with Crippen molar-refractivity contribution in [3.63, 3.8) is 0 Å². The molecule has 2 aromatic carbocycles. The average Bonchev–Trinajstić information content (AvgIpc) is 2.90. The van der Waals surface area contributed by atoms with Gasteiger partial charge in [-0.1, -0.05) is 26.3 Å². The predicted molar refractivity (Wildman–Crippen MR) is 144 cm³/mol. The number of nitrogens with one attached hydrogen (secondary N) is 1. The van der Waals surface area contributed by atoms with Gasteiger partial charge in [0.05, 0.1) is 14.2 Å². The van der Waals surface area contributed by atoms with Crippen molar-refractivity contribution in [1.82, 2.24) is 10.3 Å². The minimum atomic E-state index is -0.0654. The number of amides is 1. The number of hydrogen-bond acceptors (Lipinski definition) is 4. The summed E-state index contributed by atoms with van der Waals surface area (Å²) in [5, 5.41) is 5.34. The van der Waals surface area contributed by atoms with Gasteiger partial charge in [0, 0.05) is 29.9 Å². The first-order chi connectivity index (χ1) is 17.1. The number of carbonyl (C=O) groups excluding carboxylic acids is 1. The maximum Gasteiger partial charge on any atom is 0.244 e. The van der Waals surface area contributed by atoms with Crippen molar-refractivity contribution in [3.05, 3.63) is 71.6 Å². The van der Waals surface area contributed by atoms with Crippen molar-refractivity contribution in [3.8, 4) is 11.5 Å². The molecule has 0 unspecified atom stereocenters. The van der Waals surface area contributed by atoms with E-state index in [0.717, 1.165) is 72.8 Å². The highest BCUT2D eigenvalue weighted by atomic mass is 16.5. The minimum Gasteiger partial charge on any atom is -0.497 e. The zero-order valence-electron chi connectivity index (χ0n) is 21.5. The number of methoxy groups -OCH3 is 2. The van der Waals surface area contributed by atoms with Crippen molar-refractivity contribution >= 4 is 22.8 Å². The summed E-state index contributed by atoms with van der Waals surface area (Å²) in [4.78, 5) is 17.0. The molecule has 1 N–H and O–H groups in total. The molecule has 0 aliphatic heterocycles. The monoisotopic (exact) mass is 474 g/mol. The summed E-state index contributed by atoms with van der Waals surface area (Å²) in [6.45, 7) is 4.30. The van der Waals surface area contributed by atoms with E-state index in [2.05, 4.69) is 36.3 Å². The van der Waals surface area contributed by atoms with E-state index in [-0.39, 0.29) is 11.9 Å². The number of carbonyl (C=O) groups is 1. The Balaban J connectivity index is 1.76. The van der Waals surface area contributed by atoms with Crippen LogP contribution in [0.4, 0.5) is 0 Å². The highest BCUT2D eigenvalue weighted by molar-refractivity contribution is 5.97. The lowest BCUT2D eigenvalue weighted by atomic mass is 9.93. The molecule has 0 saturated heterocycles. The molecule has 186 valence electrons. The predicted octanol–water partition coefficient (Wildman–Crippen LogP) is 6.53. The lowest BCUT2D eigenvalue weighted by molar-refractivity contribution is -0.117. The summed E-state index contributed by atoms with van der Waals surface area (Å²) >= 11 is 0. The molecule has 0 saturated carbocycles. The van der Waals surface area contributed by atoms with Crippen LogP contribution in [0.1, 0.15) is 62.6 Å². The van der Waals surface area contributed by atoms with Gasteiger partial charge < -0.3 is 14.8 Å². The first-order valence-corrected chi connectivity index (χ1v) is 12.6. The quantitative estimate of drug-likeness (QED) is 0.286. The van der Waals surface area contributed by atoms with Crippen LogP contribution < -0.4 is 14.8 Å². The first kappa shape index (κ1) is 26.3. The Morgan fingerprint density at radius 1 is 1.06 bits per heavy atom. The topological polar surface area (TPSA) is 60.5 Å². The Kier molecular flexibility index (Phi) is 10.1. The maximum atomic E-state index is 12.8. The van der Waals surface area contributed by atoms with Crippen LogP contribution in [-0.2, 0) is 17.6 Å². The van der Waals surface area contributed by atoms with Crippen LogP contribution in [0.2, 0.25) is 0 Å². The number of aromatic nitrogens is 1. The van der Waals surface area contributed by atoms with Crippen LogP contribution >= 0.6 is 0 Å². The molecule has 1 aromatic heterocycles. The molecular formula is C30H38N2O3. The van der Waals surface area contributed by atoms with Gasteiger partial charge in [-0.2, -0.15) is 0 Å². The molecule has 35 heavy (non-hydrogen) atoms. The third-order valence-electron chi connectivity index (χ3n) is 6.45. The van der Waals surface area contributed by atoms with Crippen molar-refractivity contribution in [2.75, 3.05) is 14.2 Å². The van der Waals surface area contributed by atoms with Gasteiger partial charge >= 0.3 is 0 Å². The molecule has 3 rings (SSSR count). The third-order valence-corrected chi connectivity index (χ3v) is 6.45. The molecule has 1 atom stereocenters. The molecule has 3 aromatic rings. The van der Waals surface area contributed by atoms with Gasteiger partial charge in [0.2, 0.25) is 5.91 Å². The molecule has 5 nitrogen and oxygen atoms in total. The van der Waals surface area contributed by atoms with E-state index in [1.165, 1.54) is 11.1 Å². The van der Waals surface area contributed by atoms with Gasteiger partial charge in [-0.25, -0.2) is 0 Å². The van der Waals surface area contributed by atoms with E-state index >= 15 is 0 Å². The minimum absolute atomic E-state index is 0.0654. The fraction of sp³-hybridized carbons (Fsp3) is 0.400.